The number of benzene rings is 2. The van der Waals surface area contributed by atoms with Crippen molar-refractivity contribution in [2.24, 2.45) is 0 Å². The molecule has 0 heterocycles. The van der Waals surface area contributed by atoms with Crippen LogP contribution in [0.25, 0.3) is 0 Å². The van der Waals surface area contributed by atoms with E-state index in [0.29, 0.717) is 12.2 Å². The van der Waals surface area contributed by atoms with E-state index < -0.39 is 0 Å². The number of anilines is 1. The van der Waals surface area contributed by atoms with Gasteiger partial charge in [0.05, 0.1) is 5.69 Å². The smallest absolute Gasteiger partial charge is 0.125 e. The average molecular weight is 296 g/mol. The lowest BCUT2D eigenvalue weighted by atomic mass is 10.2. The Hall–Kier alpha value is -1.55. The van der Waals surface area contributed by atoms with Gasteiger partial charge in [0.1, 0.15) is 11.6 Å². The van der Waals surface area contributed by atoms with Gasteiger partial charge in [-0.15, -0.1) is 0 Å². The summed E-state index contributed by atoms with van der Waals surface area (Å²) in [5.74, 6) is -0.0690. The van der Waals surface area contributed by atoms with Gasteiger partial charge in [-0.1, -0.05) is 18.2 Å². The molecule has 2 nitrogen and oxygen atoms in total. The second-order valence-corrected chi connectivity index (χ2v) is 4.46. The Morgan fingerprint density at radius 3 is 2.71 bits per heavy atom. The molecule has 0 aliphatic carbocycles. The monoisotopic (exact) mass is 295 g/mol. The molecule has 0 radical (unpaired) electrons. The van der Waals surface area contributed by atoms with Gasteiger partial charge in [0, 0.05) is 16.6 Å². The predicted octanol–water partition coefficient (Wildman–Crippen LogP) is 3.91. The molecular weight excluding hydrogens is 285 g/mol. The van der Waals surface area contributed by atoms with E-state index in [-0.39, 0.29) is 11.6 Å². The van der Waals surface area contributed by atoms with Crippen LogP contribution >= 0.6 is 15.9 Å². The quantitative estimate of drug-likeness (QED) is 0.900. The number of para-hydroxylation sites is 1. The van der Waals surface area contributed by atoms with E-state index in [2.05, 4.69) is 21.2 Å². The van der Waals surface area contributed by atoms with Crippen molar-refractivity contribution in [2.45, 2.75) is 6.54 Å². The number of hydrogen-bond acceptors (Lipinski definition) is 2. The molecule has 0 saturated carbocycles. The van der Waals surface area contributed by atoms with Crippen LogP contribution in [0.5, 0.6) is 5.75 Å². The summed E-state index contributed by atoms with van der Waals surface area (Å²) in [6.45, 7) is 0.439. The van der Waals surface area contributed by atoms with Crippen molar-refractivity contribution >= 4 is 21.6 Å². The van der Waals surface area contributed by atoms with Crippen molar-refractivity contribution in [1.82, 2.24) is 0 Å². The zero-order valence-corrected chi connectivity index (χ0v) is 10.5. The summed E-state index contributed by atoms with van der Waals surface area (Å²) < 4.78 is 13.8. The summed E-state index contributed by atoms with van der Waals surface area (Å²) in [6.07, 6.45) is 0. The van der Waals surface area contributed by atoms with Crippen molar-refractivity contribution in [2.75, 3.05) is 5.32 Å². The molecule has 0 unspecified atom stereocenters. The number of hydrogen-bond donors (Lipinski definition) is 2. The van der Waals surface area contributed by atoms with Crippen LogP contribution in [-0.4, -0.2) is 5.11 Å². The van der Waals surface area contributed by atoms with E-state index in [4.69, 9.17) is 0 Å². The molecule has 0 atom stereocenters. The van der Waals surface area contributed by atoms with Gasteiger partial charge in [-0.05, 0) is 40.2 Å². The van der Waals surface area contributed by atoms with Gasteiger partial charge in [0.25, 0.3) is 0 Å². The van der Waals surface area contributed by atoms with Crippen molar-refractivity contribution in [3.05, 3.63) is 58.3 Å². The Morgan fingerprint density at radius 1 is 1.18 bits per heavy atom. The van der Waals surface area contributed by atoms with Crippen LogP contribution in [0.4, 0.5) is 10.1 Å². The van der Waals surface area contributed by atoms with Gasteiger partial charge in [0.15, 0.2) is 0 Å². The molecule has 0 saturated heterocycles. The molecule has 0 aromatic heterocycles. The third kappa shape index (κ3) is 2.97. The fourth-order valence-corrected chi connectivity index (χ4v) is 1.87. The standard InChI is InChI=1S/C13H11BrFNO/c14-11-6-5-10(15)7-12(11)16-8-9-3-1-2-4-13(9)17/h1-7,16-17H,8H2. The Balaban J connectivity index is 2.12. The van der Waals surface area contributed by atoms with Crippen LogP contribution < -0.4 is 5.32 Å². The second-order valence-electron chi connectivity index (χ2n) is 3.61. The summed E-state index contributed by atoms with van der Waals surface area (Å²) >= 11 is 3.33. The molecule has 2 N–H and O–H groups in total. The zero-order valence-electron chi connectivity index (χ0n) is 8.95. The van der Waals surface area contributed by atoms with Gasteiger partial charge in [-0.3, -0.25) is 0 Å². The molecular formula is C13H11BrFNO. The fourth-order valence-electron chi connectivity index (χ4n) is 1.48. The first-order valence-electron chi connectivity index (χ1n) is 5.12. The minimum Gasteiger partial charge on any atom is -0.508 e. The van der Waals surface area contributed by atoms with Gasteiger partial charge in [-0.2, -0.15) is 0 Å². The summed E-state index contributed by atoms with van der Waals surface area (Å²) in [6, 6.07) is 11.5. The highest BCUT2D eigenvalue weighted by atomic mass is 79.9. The molecule has 0 bridgehead atoms. The number of aromatic hydroxyl groups is 1. The highest BCUT2D eigenvalue weighted by Gasteiger charge is 2.03. The lowest BCUT2D eigenvalue weighted by Gasteiger charge is -2.09. The van der Waals surface area contributed by atoms with Crippen LogP contribution in [0.15, 0.2) is 46.9 Å². The number of halogens is 2. The normalized spacial score (nSPS) is 10.2. The van der Waals surface area contributed by atoms with Crippen LogP contribution in [-0.2, 0) is 6.54 Å². The predicted molar refractivity (Wildman–Crippen MR) is 69.5 cm³/mol. The van der Waals surface area contributed by atoms with E-state index in [1.165, 1.54) is 12.1 Å². The minimum absolute atomic E-state index is 0.229. The molecule has 0 aliphatic heterocycles. The number of nitrogens with one attached hydrogen (secondary N) is 1. The lowest BCUT2D eigenvalue weighted by molar-refractivity contribution is 0.469. The summed E-state index contributed by atoms with van der Waals surface area (Å²) in [4.78, 5) is 0. The SMILES string of the molecule is Oc1ccccc1CNc1cc(F)ccc1Br. The summed E-state index contributed by atoms with van der Waals surface area (Å²) in [5, 5.41) is 12.7. The maximum absolute atomic E-state index is 13.0. The van der Waals surface area contributed by atoms with Crippen molar-refractivity contribution < 1.29 is 9.50 Å². The molecule has 0 aliphatic rings. The van der Waals surface area contributed by atoms with E-state index in [1.54, 1.807) is 18.2 Å². The average Bonchev–Trinajstić information content (AvgIpc) is 2.32. The maximum Gasteiger partial charge on any atom is 0.125 e. The highest BCUT2D eigenvalue weighted by molar-refractivity contribution is 9.10. The third-order valence-corrected chi connectivity index (χ3v) is 3.08. The summed E-state index contributed by atoms with van der Waals surface area (Å²) in [7, 11) is 0. The Labute approximate surface area is 107 Å². The van der Waals surface area contributed by atoms with Crippen molar-refractivity contribution in [3.63, 3.8) is 0 Å². The van der Waals surface area contributed by atoms with Gasteiger partial charge >= 0.3 is 0 Å². The number of phenols is 1. The molecule has 2 rings (SSSR count). The highest BCUT2D eigenvalue weighted by Crippen LogP contribution is 2.24. The third-order valence-electron chi connectivity index (χ3n) is 2.39. The van der Waals surface area contributed by atoms with Crippen LogP contribution in [0.2, 0.25) is 0 Å². The maximum atomic E-state index is 13.0. The topological polar surface area (TPSA) is 32.3 Å². The first-order valence-corrected chi connectivity index (χ1v) is 5.92. The Morgan fingerprint density at radius 2 is 1.94 bits per heavy atom. The molecule has 0 fully saturated rings. The molecule has 4 heteroatoms. The van der Waals surface area contributed by atoms with Crippen molar-refractivity contribution in [3.8, 4) is 5.75 Å². The number of phenolic OH excluding ortho intramolecular Hbond substituents is 1. The Bertz CT molecular complexity index is 531. The fraction of sp³-hybridized carbons (Fsp3) is 0.0769. The molecule has 2 aromatic rings. The zero-order chi connectivity index (χ0) is 12.3. The largest absolute Gasteiger partial charge is 0.508 e. The minimum atomic E-state index is -0.298. The molecule has 0 spiro atoms. The van der Waals surface area contributed by atoms with E-state index in [9.17, 15) is 9.50 Å². The molecule has 17 heavy (non-hydrogen) atoms. The van der Waals surface area contributed by atoms with Crippen LogP contribution in [0, 0.1) is 5.82 Å². The number of rotatable bonds is 3. The van der Waals surface area contributed by atoms with Crippen molar-refractivity contribution in [1.29, 1.82) is 0 Å². The van der Waals surface area contributed by atoms with E-state index in [0.717, 1.165) is 10.0 Å². The van der Waals surface area contributed by atoms with Gasteiger partial charge < -0.3 is 10.4 Å². The van der Waals surface area contributed by atoms with Crippen LogP contribution in [0.1, 0.15) is 5.56 Å². The first-order chi connectivity index (χ1) is 8.16. The van der Waals surface area contributed by atoms with Gasteiger partial charge in [0.2, 0.25) is 0 Å². The van der Waals surface area contributed by atoms with E-state index >= 15 is 0 Å². The summed E-state index contributed by atoms with van der Waals surface area (Å²) in [5.41, 5.74) is 1.43. The van der Waals surface area contributed by atoms with E-state index in [1.807, 2.05) is 12.1 Å². The Kier molecular flexibility index (Phi) is 3.64. The lowest BCUT2D eigenvalue weighted by Crippen LogP contribution is -2.00. The second kappa shape index (κ2) is 5.19. The molecule has 88 valence electrons. The van der Waals surface area contributed by atoms with Crippen LogP contribution in [0.3, 0.4) is 0 Å². The molecule has 0 amide bonds. The first kappa shape index (κ1) is 11.9. The van der Waals surface area contributed by atoms with Gasteiger partial charge in [-0.25, -0.2) is 4.39 Å². The molecule has 2 aromatic carbocycles.